The number of thioether (sulfide) groups is 1. The normalized spacial score (nSPS) is 15.7. The van der Waals surface area contributed by atoms with E-state index >= 15 is 0 Å². The summed E-state index contributed by atoms with van der Waals surface area (Å²) in [5.74, 6) is -0.585. The van der Waals surface area contributed by atoms with Crippen LogP contribution in [-0.2, 0) is 25.8 Å². The molecule has 6 nitrogen and oxygen atoms in total. The molecule has 0 saturated carbocycles. The van der Waals surface area contributed by atoms with Gasteiger partial charge in [-0.25, -0.2) is 8.42 Å². The first-order valence-electron chi connectivity index (χ1n) is 9.86. The van der Waals surface area contributed by atoms with Gasteiger partial charge >= 0.3 is 0 Å². The van der Waals surface area contributed by atoms with E-state index in [1.54, 1.807) is 34.9 Å². The van der Waals surface area contributed by atoms with Crippen molar-refractivity contribution in [3.05, 3.63) is 48.0 Å². The lowest BCUT2D eigenvalue weighted by Gasteiger charge is -2.22. The summed E-state index contributed by atoms with van der Waals surface area (Å²) in [7, 11) is -3.61. The maximum atomic E-state index is 12.8. The molecular formula is C22H26N2O4S2. The van der Waals surface area contributed by atoms with Crippen LogP contribution < -0.4 is 10.2 Å². The summed E-state index contributed by atoms with van der Waals surface area (Å²) in [5.41, 5.74) is 2.28. The van der Waals surface area contributed by atoms with Gasteiger partial charge in [-0.2, -0.15) is 0 Å². The Kier molecular flexibility index (Phi) is 6.88. The summed E-state index contributed by atoms with van der Waals surface area (Å²) in [6, 6.07) is 12.3. The molecule has 0 aliphatic carbocycles. The second-order valence-electron chi connectivity index (χ2n) is 7.31. The van der Waals surface area contributed by atoms with Gasteiger partial charge in [0.25, 0.3) is 0 Å². The Morgan fingerprint density at radius 2 is 1.97 bits per heavy atom. The molecule has 0 aromatic heterocycles. The molecule has 1 aliphatic rings. The van der Waals surface area contributed by atoms with Gasteiger partial charge in [0, 0.05) is 35.2 Å². The molecule has 0 unspecified atom stereocenters. The quantitative estimate of drug-likeness (QED) is 0.652. The Hall–Kier alpha value is -2.32. The molecule has 160 valence electrons. The van der Waals surface area contributed by atoms with Gasteiger partial charge < -0.3 is 10.2 Å². The van der Waals surface area contributed by atoms with Crippen molar-refractivity contribution < 1.29 is 18.0 Å². The van der Waals surface area contributed by atoms with Gasteiger partial charge in [-0.1, -0.05) is 13.0 Å². The summed E-state index contributed by atoms with van der Waals surface area (Å²) in [6.07, 6.45) is 2.84. The van der Waals surface area contributed by atoms with Crippen LogP contribution in [0.25, 0.3) is 0 Å². The van der Waals surface area contributed by atoms with E-state index in [1.165, 1.54) is 6.07 Å². The van der Waals surface area contributed by atoms with Crippen molar-refractivity contribution in [3.8, 4) is 0 Å². The summed E-state index contributed by atoms with van der Waals surface area (Å²) in [6.45, 7) is 3.77. The van der Waals surface area contributed by atoms with E-state index in [0.717, 1.165) is 16.1 Å². The highest BCUT2D eigenvalue weighted by Gasteiger charge is 2.31. The largest absolute Gasteiger partial charge is 0.326 e. The molecule has 0 saturated heterocycles. The monoisotopic (exact) mass is 446 g/mol. The van der Waals surface area contributed by atoms with Crippen LogP contribution in [0.2, 0.25) is 0 Å². The number of fused-ring (bicyclic) bond motifs is 1. The highest BCUT2D eigenvalue weighted by atomic mass is 32.2. The first-order valence-corrected chi connectivity index (χ1v) is 12.7. The van der Waals surface area contributed by atoms with Gasteiger partial charge in [0.05, 0.1) is 10.6 Å². The fraction of sp³-hybridized carbons (Fsp3) is 0.364. The first kappa shape index (κ1) is 22.4. The molecule has 2 aromatic carbocycles. The van der Waals surface area contributed by atoms with E-state index in [4.69, 9.17) is 0 Å². The number of rotatable bonds is 7. The average molecular weight is 447 g/mol. The van der Waals surface area contributed by atoms with Crippen molar-refractivity contribution in [2.24, 2.45) is 0 Å². The van der Waals surface area contributed by atoms with Gasteiger partial charge in [0.15, 0.2) is 9.84 Å². The van der Waals surface area contributed by atoms with Crippen LogP contribution in [-0.4, -0.2) is 38.3 Å². The van der Waals surface area contributed by atoms with Gasteiger partial charge in [-0.3, -0.25) is 9.59 Å². The van der Waals surface area contributed by atoms with Crippen LogP contribution in [0, 0.1) is 0 Å². The van der Waals surface area contributed by atoms with Gasteiger partial charge in [0.1, 0.15) is 0 Å². The van der Waals surface area contributed by atoms with E-state index in [-0.39, 0.29) is 34.9 Å². The van der Waals surface area contributed by atoms with Gasteiger partial charge in [-0.15, -0.1) is 11.8 Å². The first-order chi connectivity index (χ1) is 14.2. The molecule has 2 aromatic rings. The minimum Gasteiger partial charge on any atom is -0.326 e. The summed E-state index contributed by atoms with van der Waals surface area (Å²) < 4.78 is 25.6. The maximum absolute atomic E-state index is 12.8. The Bertz CT molecular complexity index is 1070. The average Bonchev–Trinajstić information content (AvgIpc) is 3.06. The van der Waals surface area contributed by atoms with Crippen LogP contribution in [0.15, 0.2) is 52.3 Å². The van der Waals surface area contributed by atoms with Crippen molar-refractivity contribution >= 4 is 44.8 Å². The van der Waals surface area contributed by atoms with Gasteiger partial charge in [0.2, 0.25) is 11.8 Å². The molecule has 0 spiro atoms. The number of carbonyl (C=O) groups excluding carboxylic acids is 2. The summed E-state index contributed by atoms with van der Waals surface area (Å²) in [4.78, 5) is 27.4. The highest BCUT2D eigenvalue weighted by molar-refractivity contribution is 7.98. The third kappa shape index (κ3) is 4.87. The van der Waals surface area contributed by atoms with Gasteiger partial charge in [-0.05, 0) is 61.6 Å². The van der Waals surface area contributed by atoms with Crippen molar-refractivity contribution in [1.29, 1.82) is 0 Å². The Morgan fingerprint density at radius 3 is 2.67 bits per heavy atom. The van der Waals surface area contributed by atoms with Crippen molar-refractivity contribution in [2.75, 3.05) is 22.2 Å². The zero-order chi connectivity index (χ0) is 21.9. The number of sulfone groups is 1. The van der Waals surface area contributed by atoms with E-state index in [1.807, 2.05) is 38.3 Å². The molecule has 1 aliphatic heterocycles. The predicted octanol–water partition coefficient (Wildman–Crippen LogP) is 3.90. The van der Waals surface area contributed by atoms with Crippen LogP contribution in [0.4, 0.5) is 11.4 Å². The number of nitrogens with zero attached hydrogens (tertiary/aromatic N) is 1. The fourth-order valence-electron chi connectivity index (χ4n) is 3.62. The third-order valence-electron chi connectivity index (χ3n) is 5.15. The minimum atomic E-state index is -3.61. The number of benzene rings is 2. The van der Waals surface area contributed by atoms with E-state index in [9.17, 15) is 18.0 Å². The molecule has 30 heavy (non-hydrogen) atoms. The molecule has 0 fully saturated rings. The molecule has 3 rings (SSSR count). The lowest BCUT2D eigenvalue weighted by Crippen LogP contribution is -2.35. The number of amides is 2. The second kappa shape index (κ2) is 9.22. The Labute approximate surface area is 182 Å². The molecule has 1 N–H and O–H groups in total. The Morgan fingerprint density at radius 1 is 1.20 bits per heavy atom. The van der Waals surface area contributed by atoms with Crippen molar-refractivity contribution in [2.45, 2.75) is 48.9 Å². The highest BCUT2D eigenvalue weighted by Crippen LogP contribution is 2.34. The summed E-state index contributed by atoms with van der Waals surface area (Å²) >= 11 is 1.57. The number of anilines is 2. The number of carbonyl (C=O) groups is 2. The molecule has 2 amide bonds. The Balaban J connectivity index is 1.68. The molecule has 8 heteroatoms. The zero-order valence-corrected chi connectivity index (χ0v) is 19.0. The standard InChI is InChI=1S/C22H26N2O4S2/c1-4-22(26)24-15(2)12-16-13-19(8-9-20(16)24)30(27,28)11-10-21(25)23-17-6-5-7-18(14-17)29-3/h5-9,13-15H,4,10-12H2,1-3H3,(H,23,25)/t15-/m0/s1. The summed E-state index contributed by atoms with van der Waals surface area (Å²) in [5, 5.41) is 2.75. The van der Waals surface area contributed by atoms with E-state index < -0.39 is 9.84 Å². The van der Waals surface area contributed by atoms with Crippen LogP contribution in [0.5, 0.6) is 0 Å². The van der Waals surface area contributed by atoms with E-state index in [0.29, 0.717) is 18.5 Å². The minimum absolute atomic E-state index is 0.00762. The fourth-order valence-corrected chi connectivity index (χ4v) is 5.37. The van der Waals surface area contributed by atoms with Crippen molar-refractivity contribution in [3.63, 3.8) is 0 Å². The van der Waals surface area contributed by atoms with Crippen LogP contribution in [0.3, 0.4) is 0 Å². The van der Waals surface area contributed by atoms with Crippen LogP contribution in [0.1, 0.15) is 32.3 Å². The third-order valence-corrected chi connectivity index (χ3v) is 7.59. The predicted molar refractivity (Wildman–Crippen MR) is 121 cm³/mol. The smallest absolute Gasteiger partial charge is 0.226 e. The molecule has 0 radical (unpaired) electrons. The lowest BCUT2D eigenvalue weighted by atomic mass is 10.1. The molecule has 1 heterocycles. The zero-order valence-electron chi connectivity index (χ0n) is 17.3. The second-order valence-corrected chi connectivity index (χ2v) is 10.3. The molecule has 0 bridgehead atoms. The maximum Gasteiger partial charge on any atom is 0.226 e. The number of hydrogen-bond acceptors (Lipinski definition) is 5. The molecule has 1 atom stereocenters. The van der Waals surface area contributed by atoms with Crippen LogP contribution >= 0.6 is 11.8 Å². The number of nitrogens with one attached hydrogen (secondary N) is 1. The SMILES string of the molecule is CCC(=O)N1c2ccc(S(=O)(=O)CCC(=O)Nc3cccc(SC)c3)cc2C[C@@H]1C. The van der Waals surface area contributed by atoms with E-state index in [2.05, 4.69) is 5.32 Å². The van der Waals surface area contributed by atoms with Crippen molar-refractivity contribution in [1.82, 2.24) is 0 Å². The molecular weight excluding hydrogens is 420 g/mol. The topological polar surface area (TPSA) is 83.6 Å². The number of hydrogen-bond donors (Lipinski definition) is 1. The lowest BCUT2D eigenvalue weighted by molar-refractivity contribution is -0.118.